The molecule has 1 atom stereocenters. The largest absolute Gasteiger partial charge is 0.377 e. The summed E-state index contributed by atoms with van der Waals surface area (Å²) >= 11 is 6.37. The molecule has 0 radical (unpaired) electrons. The Morgan fingerprint density at radius 3 is 2.90 bits per heavy atom. The number of morpholine rings is 1. The summed E-state index contributed by atoms with van der Waals surface area (Å²) in [4.78, 5) is 12.6. The van der Waals surface area contributed by atoms with Gasteiger partial charge in [-0.1, -0.05) is 11.6 Å². The molecule has 1 saturated heterocycles. The van der Waals surface area contributed by atoms with E-state index >= 15 is 0 Å². The van der Waals surface area contributed by atoms with Crippen molar-refractivity contribution in [2.24, 2.45) is 0 Å². The second-order valence-corrected chi connectivity index (χ2v) is 6.22. The number of pyridine rings is 1. The van der Waals surface area contributed by atoms with Crippen LogP contribution in [-0.4, -0.2) is 37.8 Å². The number of rotatable bonds is 4. The van der Waals surface area contributed by atoms with Crippen LogP contribution in [0.5, 0.6) is 0 Å². The molecular weight excluding hydrogens is 290 g/mol. The van der Waals surface area contributed by atoms with Crippen LogP contribution >= 0.6 is 11.6 Å². The number of hydroxylamine groups is 1. The highest BCUT2D eigenvalue weighted by Crippen LogP contribution is 2.51. The van der Waals surface area contributed by atoms with Crippen molar-refractivity contribution in [3.05, 3.63) is 22.3 Å². The maximum atomic E-state index is 6.37. The van der Waals surface area contributed by atoms with E-state index < -0.39 is 0 Å². The molecule has 0 aromatic carbocycles. The molecule has 21 heavy (non-hydrogen) atoms. The molecule has 0 bridgehead atoms. The number of nitrogens with one attached hydrogen (secondary N) is 1. The van der Waals surface area contributed by atoms with E-state index in [2.05, 4.69) is 28.4 Å². The highest BCUT2D eigenvalue weighted by molar-refractivity contribution is 6.30. The van der Waals surface area contributed by atoms with Crippen molar-refractivity contribution in [3.8, 4) is 0 Å². The van der Waals surface area contributed by atoms with Crippen LogP contribution in [0.4, 0.5) is 5.82 Å². The molecule has 1 unspecified atom stereocenters. The lowest BCUT2D eigenvalue weighted by atomic mass is 10.0. The highest BCUT2D eigenvalue weighted by atomic mass is 35.5. The normalized spacial score (nSPS) is 24.2. The van der Waals surface area contributed by atoms with Crippen LogP contribution in [-0.2, 0) is 15.2 Å². The van der Waals surface area contributed by atoms with Crippen LogP contribution in [0.15, 0.2) is 6.07 Å². The molecular formula is C15H22ClN3O2. The molecule has 1 aromatic heterocycles. The van der Waals surface area contributed by atoms with Gasteiger partial charge in [0.2, 0.25) is 0 Å². The fourth-order valence-corrected chi connectivity index (χ4v) is 3.18. The zero-order valence-electron chi connectivity index (χ0n) is 12.8. The summed E-state index contributed by atoms with van der Waals surface area (Å²) in [6.07, 6.45) is 2.01. The minimum Gasteiger partial charge on any atom is -0.377 e. The summed E-state index contributed by atoms with van der Waals surface area (Å²) in [6.45, 7) is 6.44. The standard InChI is InChI=1S/C15H22ClN3O2/c1-10-9-20-7-6-19(10)13-8-12(11(2)14(16)18-13)15(4-5-15)21-17-3/h8,10,17H,4-7,9H2,1-3H3. The molecule has 1 saturated carbocycles. The first-order chi connectivity index (χ1) is 10.1. The first-order valence-electron chi connectivity index (χ1n) is 7.44. The molecule has 1 aliphatic carbocycles. The van der Waals surface area contributed by atoms with Crippen LogP contribution in [0.3, 0.4) is 0 Å². The van der Waals surface area contributed by atoms with Gasteiger partial charge in [-0.15, -0.1) is 0 Å². The van der Waals surface area contributed by atoms with Gasteiger partial charge in [0, 0.05) is 13.6 Å². The third-order valence-corrected chi connectivity index (χ3v) is 4.72. The molecule has 2 fully saturated rings. The van der Waals surface area contributed by atoms with Crippen molar-refractivity contribution in [1.29, 1.82) is 0 Å². The number of halogens is 1. The molecule has 116 valence electrons. The number of hydrogen-bond donors (Lipinski definition) is 1. The molecule has 6 heteroatoms. The fourth-order valence-electron chi connectivity index (χ4n) is 2.99. The van der Waals surface area contributed by atoms with Gasteiger partial charge in [-0.3, -0.25) is 4.84 Å². The third kappa shape index (κ3) is 2.75. The van der Waals surface area contributed by atoms with Crippen molar-refractivity contribution >= 4 is 17.4 Å². The van der Waals surface area contributed by atoms with E-state index in [1.54, 1.807) is 7.05 Å². The number of hydrogen-bond acceptors (Lipinski definition) is 5. The Morgan fingerprint density at radius 1 is 1.52 bits per heavy atom. The van der Waals surface area contributed by atoms with Crippen LogP contribution in [0.25, 0.3) is 0 Å². The summed E-state index contributed by atoms with van der Waals surface area (Å²) in [5.41, 5.74) is 4.74. The van der Waals surface area contributed by atoms with Crippen LogP contribution < -0.4 is 10.4 Å². The smallest absolute Gasteiger partial charge is 0.134 e. The van der Waals surface area contributed by atoms with Crippen molar-refractivity contribution in [2.75, 3.05) is 31.7 Å². The predicted octanol–water partition coefficient (Wildman–Crippen LogP) is 2.41. The average molecular weight is 312 g/mol. The lowest BCUT2D eigenvalue weighted by Crippen LogP contribution is -2.44. The van der Waals surface area contributed by atoms with Gasteiger partial charge in [0.15, 0.2) is 0 Å². The Hall–Kier alpha value is -0.880. The summed E-state index contributed by atoms with van der Waals surface area (Å²) < 4.78 is 5.50. The van der Waals surface area contributed by atoms with Gasteiger partial charge in [-0.05, 0) is 43.9 Å². The van der Waals surface area contributed by atoms with Crippen LogP contribution in [0, 0.1) is 6.92 Å². The maximum Gasteiger partial charge on any atom is 0.134 e. The summed E-state index contributed by atoms with van der Waals surface area (Å²) in [6, 6.07) is 2.44. The lowest BCUT2D eigenvalue weighted by Gasteiger charge is -2.35. The topological polar surface area (TPSA) is 46.6 Å². The molecule has 3 rings (SSSR count). The molecule has 2 aliphatic rings. The molecule has 1 aromatic rings. The third-order valence-electron chi connectivity index (χ3n) is 4.35. The van der Waals surface area contributed by atoms with Gasteiger partial charge < -0.3 is 9.64 Å². The van der Waals surface area contributed by atoms with Crippen LogP contribution in [0.2, 0.25) is 5.15 Å². The van der Waals surface area contributed by atoms with Crippen molar-refractivity contribution in [1.82, 2.24) is 10.5 Å². The van der Waals surface area contributed by atoms with E-state index in [0.29, 0.717) is 11.2 Å². The second-order valence-electron chi connectivity index (χ2n) is 5.86. The fraction of sp³-hybridized carbons (Fsp3) is 0.667. The van der Waals surface area contributed by atoms with E-state index in [1.807, 2.05) is 6.92 Å². The maximum absolute atomic E-state index is 6.37. The number of ether oxygens (including phenoxy) is 1. The molecule has 0 amide bonds. The Morgan fingerprint density at radius 2 is 2.29 bits per heavy atom. The van der Waals surface area contributed by atoms with Gasteiger partial charge in [0.25, 0.3) is 0 Å². The first kappa shape index (κ1) is 15.0. The zero-order valence-corrected chi connectivity index (χ0v) is 13.5. The van der Waals surface area contributed by atoms with E-state index in [0.717, 1.165) is 49.5 Å². The SMILES string of the molecule is CNOC1(c2cc(N3CCOCC3C)nc(Cl)c2C)CC1. The molecule has 5 nitrogen and oxygen atoms in total. The summed E-state index contributed by atoms with van der Waals surface area (Å²) in [5, 5.41) is 0.562. The number of nitrogens with zero attached hydrogens (tertiary/aromatic N) is 2. The highest BCUT2D eigenvalue weighted by Gasteiger charge is 2.48. The number of anilines is 1. The Labute approximate surface area is 130 Å². The Bertz CT molecular complexity index is 534. The first-order valence-corrected chi connectivity index (χ1v) is 7.82. The van der Waals surface area contributed by atoms with Crippen molar-refractivity contribution in [2.45, 2.75) is 38.3 Å². The van der Waals surface area contributed by atoms with Crippen molar-refractivity contribution in [3.63, 3.8) is 0 Å². The summed E-state index contributed by atoms with van der Waals surface area (Å²) in [5.74, 6) is 0.919. The van der Waals surface area contributed by atoms with E-state index in [1.165, 1.54) is 0 Å². The van der Waals surface area contributed by atoms with E-state index in [9.17, 15) is 0 Å². The lowest BCUT2D eigenvalue weighted by molar-refractivity contribution is -0.0347. The van der Waals surface area contributed by atoms with E-state index in [4.69, 9.17) is 21.2 Å². The predicted molar refractivity (Wildman–Crippen MR) is 82.7 cm³/mol. The minimum atomic E-state index is -0.240. The van der Waals surface area contributed by atoms with Gasteiger partial charge in [-0.25, -0.2) is 10.5 Å². The number of aromatic nitrogens is 1. The van der Waals surface area contributed by atoms with Crippen LogP contribution in [0.1, 0.15) is 30.9 Å². The van der Waals surface area contributed by atoms with Gasteiger partial charge in [0.05, 0.1) is 19.3 Å². The summed E-state index contributed by atoms with van der Waals surface area (Å²) in [7, 11) is 1.79. The van der Waals surface area contributed by atoms with Gasteiger partial charge in [-0.2, -0.15) is 0 Å². The molecule has 2 heterocycles. The van der Waals surface area contributed by atoms with Crippen molar-refractivity contribution < 1.29 is 9.57 Å². The van der Waals surface area contributed by atoms with Gasteiger partial charge in [0.1, 0.15) is 16.6 Å². The Kier molecular flexibility index (Phi) is 4.10. The second kappa shape index (κ2) is 5.72. The quantitative estimate of drug-likeness (QED) is 0.683. The average Bonchev–Trinajstić information content (AvgIpc) is 3.23. The zero-order chi connectivity index (χ0) is 15.0. The van der Waals surface area contributed by atoms with E-state index in [-0.39, 0.29) is 5.60 Å². The van der Waals surface area contributed by atoms with Gasteiger partial charge >= 0.3 is 0 Å². The molecule has 1 aliphatic heterocycles. The molecule has 0 spiro atoms. The molecule has 1 N–H and O–H groups in total. The Balaban J connectivity index is 1.98. The minimum absolute atomic E-state index is 0.240. The monoisotopic (exact) mass is 311 g/mol.